The van der Waals surface area contributed by atoms with Gasteiger partial charge in [0.2, 0.25) is 0 Å². The quantitative estimate of drug-likeness (QED) is 0.739. The molecule has 0 aliphatic rings. The van der Waals surface area contributed by atoms with Gasteiger partial charge in [-0.25, -0.2) is 8.42 Å². The summed E-state index contributed by atoms with van der Waals surface area (Å²) >= 11 is 4.71. The van der Waals surface area contributed by atoms with Crippen molar-refractivity contribution in [3.8, 4) is 0 Å². The molecule has 0 unspecified atom stereocenters. The molecule has 3 rings (SSSR count). The van der Waals surface area contributed by atoms with Crippen LogP contribution in [0, 0.1) is 6.92 Å². The zero-order valence-electron chi connectivity index (χ0n) is 11.0. The van der Waals surface area contributed by atoms with Crippen LogP contribution in [0.4, 0.5) is 5.69 Å². The number of nitrogens with zero attached hydrogens (tertiary/aromatic N) is 1. The minimum Gasteiger partial charge on any atom is -0.279 e. The number of rotatable bonds is 3. The predicted molar refractivity (Wildman–Crippen MR) is 89.3 cm³/mol. The molecule has 21 heavy (non-hydrogen) atoms. The molecule has 1 aromatic carbocycles. The molecule has 1 N–H and O–H groups in total. The van der Waals surface area contributed by atoms with Crippen molar-refractivity contribution < 1.29 is 8.42 Å². The molecule has 7 heteroatoms. The van der Waals surface area contributed by atoms with Crippen LogP contribution in [0.15, 0.2) is 51.4 Å². The Morgan fingerprint density at radius 2 is 2.10 bits per heavy atom. The number of benzene rings is 1. The van der Waals surface area contributed by atoms with Crippen molar-refractivity contribution in [1.29, 1.82) is 0 Å². The van der Waals surface area contributed by atoms with Crippen molar-refractivity contribution in [2.24, 2.45) is 0 Å². The van der Waals surface area contributed by atoms with E-state index in [0.717, 1.165) is 19.4 Å². The number of hydrogen-bond acceptors (Lipinski definition) is 4. The van der Waals surface area contributed by atoms with E-state index in [1.54, 1.807) is 31.5 Å². The van der Waals surface area contributed by atoms with Crippen molar-refractivity contribution in [2.45, 2.75) is 11.8 Å². The molecule has 0 radical (unpaired) electrons. The molecular formula is C14H11BrN2O2S2. The zero-order valence-corrected chi connectivity index (χ0v) is 14.2. The number of hydrogen-bond donors (Lipinski definition) is 1. The summed E-state index contributed by atoms with van der Waals surface area (Å²) in [4.78, 5) is 5.09. The van der Waals surface area contributed by atoms with E-state index in [1.807, 2.05) is 18.2 Å². The van der Waals surface area contributed by atoms with Gasteiger partial charge in [0.15, 0.2) is 0 Å². The monoisotopic (exact) mass is 382 g/mol. The van der Waals surface area contributed by atoms with Crippen molar-refractivity contribution in [1.82, 2.24) is 4.98 Å². The van der Waals surface area contributed by atoms with Crippen molar-refractivity contribution >= 4 is 53.7 Å². The number of anilines is 1. The first kappa shape index (κ1) is 14.5. The minimum atomic E-state index is -3.61. The molecule has 0 aliphatic carbocycles. The number of sulfonamides is 1. The summed E-state index contributed by atoms with van der Waals surface area (Å²) in [6.45, 7) is 1.79. The lowest BCUT2D eigenvalue weighted by atomic mass is 10.1. The largest absolute Gasteiger partial charge is 0.279 e. The fourth-order valence-electron chi connectivity index (χ4n) is 2.10. The van der Waals surface area contributed by atoms with Gasteiger partial charge in [0.05, 0.1) is 9.47 Å². The topological polar surface area (TPSA) is 59.1 Å². The van der Waals surface area contributed by atoms with E-state index < -0.39 is 10.0 Å². The highest BCUT2D eigenvalue weighted by Gasteiger charge is 2.20. The summed E-state index contributed by atoms with van der Waals surface area (Å²) in [5, 5.41) is 1.71. The molecule has 0 bridgehead atoms. The van der Waals surface area contributed by atoms with E-state index in [0.29, 0.717) is 10.6 Å². The third-order valence-corrected chi connectivity index (χ3v) is 6.23. The van der Waals surface area contributed by atoms with Crippen LogP contribution in [0.1, 0.15) is 4.88 Å². The third kappa shape index (κ3) is 2.81. The van der Waals surface area contributed by atoms with E-state index in [2.05, 4.69) is 25.6 Å². The van der Waals surface area contributed by atoms with Gasteiger partial charge in [0.25, 0.3) is 10.0 Å². The van der Waals surface area contributed by atoms with Crippen LogP contribution in [0.5, 0.6) is 0 Å². The van der Waals surface area contributed by atoms with Gasteiger partial charge in [-0.05, 0) is 46.4 Å². The summed E-state index contributed by atoms with van der Waals surface area (Å²) in [6, 6.07) is 8.93. The molecule has 0 saturated carbocycles. The first-order chi connectivity index (χ1) is 9.97. The normalized spacial score (nSPS) is 11.7. The van der Waals surface area contributed by atoms with E-state index >= 15 is 0 Å². The molecule has 0 amide bonds. The number of fused-ring (bicyclic) bond motifs is 1. The fraction of sp³-hybridized carbons (Fsp3) is 0.0714. The second kappa shape index (κ2) is 5.40. The van der Waals surface area contributed by atoms with E-state index in [9.17, 15) is 8.42 Å². The standard InChI is InChI=1S/C14H11BrN2O2S2/c1-9-13(7-14(15)20-9)21(18,19)17-12-4-2-3-10-5-6-16-8-11(10)12/h2-8,17H,1H3. The summed E-state index contributed by atoms with van der Waals surface area (Å²) < 4.78 is 28.5. The lowest BCUT2D eigenvalue weighted by molar-refractivity contribution is 0.601. The van der Waals surface area contributed by atoms with Crippen LogP contribution in [0.25, 0.3) is 10.8 Å². The first-order valence-electron chi connectivity index (χ1n) is 6.09. The second-order valence-corrected chi connectivity index (χ2v) is 8.77. The molecule has 2 heterocycles. The SMILES string of the molecule is Cc1sc(Br)cc1S(=O)(=O)Nc1cccc2ccncc12. The molecule has 2 aromatic heterocycles. The molecule has 108 valence electrons. The maximum Gasteiger partial charge on any atom is 0.263 e. The summed E-state index contributed by atoms with van der Waals surface area (Å²) in [5.41, 5.74) is 0.530. The fourth-order valence-corrected chi connectivity index (χ4v) is 5.59. The van der Waals surface area contributed by atoms with Crippen molar-refractivity contribution in [3.05, 3.63) is 51.4 Å². The van der Waals surface area contributed by atoms with Crippen LogP contribution < -0.4 is 4.72 Å². The lowest BCUT2D eigenvalue weighted by Crippen LogP contribution is -2.13. The second-order valence-electron chi connectivity index (χ2n) is 4.48. The Morgan fingerprint density at radius 3 is 2.81 bits per heavy atom. The maximum atomic E-state index is 12.5. The Balaban J connectivity index is 2.08. The first-order valence-corrected chi connectivity index (χ1v) is 9.18. The highest BCUT2D eigenvalue weighted by atomic mass is 79.9. The summed E-state index contributed by atoms with van der Waals surface area (Å²) in [5.74, 6) is 0. The van der Waals surface area contributed by atoms with Crippen LogP contribution in [0.2, 0.25) is 0 Å². The van der Waals surface area contributed by atoms with Crippen LogP contribution in [0.3, 0.4) is 0 Å². The van der Waals surface area contributed by atoms with Crippen LogP contribution >= 0.6 is 27.3 Å². The van der Waals surface area contributed by atoms with E-state index in [4.69, 9.17) is 0 Å². The average Bonchev–Trinajstić information content (AvgIpc) is 2.79. The molecule has 0 atom stereocenters. The minimum absolute atomic E-state index is 0.292. The van der Waals surface area contributed by atoms with Gasteiger partial charge in [-0.15, -0.1) is 11.3 Å². The third-order valence-electron chi connectivity index (χ3n) is 3.06. The molecule has 3 aromatic rings. The number of aryl methyl sites for hydroxylation is 1. The number of pyridine rings is 1. The maximum absolute atomic E-state index is 12.5. The summed E-state index contributed by atoms with van der Waals surface area (Å²) in [7, 11) is -3.61. The van der Waals surface area contributed by atoms with E-state index in [1.165, 1.54) is 11.3 Å². The zero-order chi connectivity index (χ0) is 15.0. The Hall–Kier alpha value is -1.44. The van der Waals surface area contributed by atoms with Gasteiger partial charge in [0, 0.05) is 22.7 Å². The van der Waals surface area contributed by atoms with Crippen molar-refractivity contribution in [3.63, 3.8) is 0 Å². The number of nitrogens with one attached hydrogen (secondary N) is 1. The Bertz CT molecular complexity index is 914. The Kier molecular flexibility index (Phi) is 3.73. The molecule has 0 saturated heterocycles. The molecule has 0 fully saturated rings. The van der Waals surface area contributed by atoms with E-state index in [-0.39, 0.29) is 0 Å². The van der Waals surface area contributed by atoms with Gasteiger partial charge in [-0.2, -0.15) is 0 Å². The molecule has 4 nitrogen and oxygen atoms in total. The smallest absolute Gasteiger partial charge is 0.263 e. The summed E-state index contributed by atoms with van der Waals surface area (Å²) in [6.07, 6.45) is 3.34. The van der Waals surface area contributed by atoms with Gasteiger partial charge in [-0.1, -0.05) is 12.1 Å². The molecule has 0 aliphatic heterocycles. The van der Waals surface area contributed by atoms with Gasteiger partial charge in [0.1, 0.15) is 4.90 Å². The van der Waals surface area contributed by atoms with Crippen LogP contribution in [-0.2, 0) is 10.0 Å². The highest BCUT2D eigenvalue weighted by Crippen LogP contribution is 2.32. The van der Waals surface area contributed by atoms with Gasteiger partial charge >= 0.3 is 0 Å². The number of aromatic nitrogens is 1. The highest BCUT2D eigenvalue weighted by molar-refractivity contribution is 9.11. The molecular weight excluding hydrogens is 372 g/mol. The Morgan fingerprint density at radius 1 is 1.29 bits per heavy atom. The van der Waals surface area contributed by atoms with Crippen LogP contribution in [-0.4, -0.2) is 13.4 Å². The van der Waals surface area contributed by atoms with Crippen molar-refractivity contribution in [2.75, 3.05) is 4.72 Å². The number of halogens is 1. The average molecular weight is 383 g/mol. The number of thiophene rings is 1. The predicted octanol–water partition coefficient (Wildman–Crippen LogP) is 4.17. The molecule has 0 spiro atoms. The Labute approximate surface area is 135 Å². The van der Waals surface area contributed by atoms with Gasteiger partial charge in [-0.3, -0.25) is 9.71 Å². The lowest BCUT2D eigenvalue weighted by Gasteiger charge is -2.10. The van der Waals surface area contributed by atoms with Gasteiger partial charge < -0.3 is 0 Å².